The Kier molecular flexibility index (Phi) is 5.53. The Morgan fingerprint density at radius 1 is 1.05 bits per heavy atom. The predicted octanol–water partition coefficient (Wildman–Crippen LogP) is 6.37. The molecule has 0 bridgehead atoms. The maximum absolute atomic E-state index is 6.07. The summed E-state index contributed by atoms with van der Waals surface area (Å²) in [6.07, 6.45) is 0.183. The van der Waals surface area contributed by atoms with E-state index in [4.69, 9.17) is 16.3 Å². The smallest absolute Gasteiger partial charge is 0.119 e. The first-order valence-corrected chi connectivity index (χ1v) is 8.41. The molecule has 0 fully saturated rings. The zero-order chi connectivity index (χ0) is 14.7. The largest absolute Gasteiger partial charge is 0.491 e. The Morgan fingerprint density at radius 2 is 1.70 bits per heavy atom. The van der Waals surface area contributed by atoms with Crippen molar-refractivity contribution in [1.29, 1.82) is 0 Å². The van der Waals surface area contributed by atoms with Crippen LogP contribution in [0.2, 0.25) is 5.02 Å². The summed E-state index contributed by atoms with van der Waals surface area (Å²) in [6, 6.07) is 13.9. The highest BCUT2D eigenvalue weighted by molar-refractivity contribution is 9.11. The van der Waals surface area contributed by atoms with Crippen LogP contribution < -0.4 is 4.74 Å². The minimum atomic E-state index is 0.0867. The summed E-state index contributed by atoms with van der Waals surface area (Å²) in [5, 5.41) is 0.729. The molecule has 1 atom stereocenters. The molecular weight excluding hydrogens is 403 g/mol. The number of benzene rings is 2. The number of hydrogen-bond donors (Lipinski definition) is 0. The molecule has 0 N–H and O–H groups in total. The van der Waals surface area contributed by atoms with Gasteiger partial charge in [0, 0.05) is 9.50 Å². The van der Waals surface area contributed by atoms with Gasteiger partial charge in [-0.2, -0.15) is 0 Å². The Bertz CT molecular complexity index is 582. The Morgan fingerprint density at radius 3 is 2.30 bits per heavy atom. The van der Waals surface area contributed by atoms with Gasteiger partial charge in [-0.05, 0) is 55.3 Å². The van der Waals surface area contributed by atoms with Gasteiger partial charge in [-0.25, -0.2) is 0 Å². The predicted molar refractivity (Wildman–Crippen MR) is 92.1 cm³/mol. The fourth-order valence-corrected chi connectivity index (χ4v) is 3.52. The number of halogens is 3. The first-order chi connectivity index (χ1) is 9.47. The monoisotopic (exact) mass is 416 g/mol. The van der Waals surface area contributed by atoms with E-state index in [1.807, 2.05) is 44.2 Å². The van der Waals surface area contributed by atoms with Gasteiger partial charge in [0.2, 0.25) is 0 Å². The highest BCUT2D eigenvalue weighted by atomic mass is 79.9. The molecule has 2 rings (SSSR count). The van der Waals surface area contributed by atoms with Crippen molar-refractivity contribution >= 4 is 43.5 Å². The molecule has 0 aliphatic carbocycles. The highest BCUT2D eigenvalue weighted by Crippen LogP contribution is 2.37. The summed E-state index contributed by atoms with van der Waals surface area (Å²) in [6.45, 7) is 4.04. The van der Waals surface area contributed by atoms with E-state index in [1.54, 1.807) is 0 Å². The van der Waals surface area contributed by atoms with E-state index in [-0.39, 0.29) is 10.9 Å². The van der Waals surface area contributed by atoms with E-state index in [0.717, 1.165) is 26.4 Å². The van der Waals surface area contributed by atoms with Crippen LogP contribution in [-0.4, -0.2) is 6.10 Å². The van der Waals surface area contributed by atoms with Gasteiger partial charge in [0.15, 0.2) is 0 Å². The second-order valence-electron chi connectivity index (χ2n) is 4.76. The molecule has 20 heavy (non-hydrogen) atoms. The van der Waals surface area contributed by atoms with Crippen LogP contribution in [0.15, 0.2) is 46.9 Å². The van der Waals surface area contributed by atoms with Crippen LogP contribution in [0, 0.1) is 0 Å². The summed E-state index contributed by atoms with van der Waals surface area (Å²) < 4.78 is 6.69. The minimum absolute atomic E-state index is 0.0867. The van der Waals surface area contributed by atoms with Gasteiger partial charge in [0.1, 0.15) is 5.75 Å². The van der Waals surface area contributed by atoms with Gasteiger partial charge in [-0.3, -0.25) is 0 Å². The van der Waals surface area contributed by atoms with Crippen molar-refractivity contribution in [1.82, 2.24) is 0 Å². The molecule has 1 nitrogen and oxygen atoms in total. The Hall–Kier alpha value is -0.510. The van der Waals surface area contributed by atoms with Crippen molar-refractivity contribution < 1.29 is 4.74 Å². The maximum Gasteiger partial charge on any atom is 0.119 e. The third-order valence-electron chi connectivity index (χ3n) is 2.78. The van der Waals surface area contributed by atoms with Gasteiger partial charge >= 0.3 is 0 Å². The van der Waals surface area contributed by atoms with Crippen LogP contribution in [-0.2, 0) is 0 Å². The van der Waals surface area contributed by atoms with Crippen LogP contribution in [0.25, 0.3) is 0 Å². The van der Waals surface area contributed by atoms with Gasteiger partial charge in [0.25, 0.3) is 0 Å². The standard InChI is InChI=1S/C16H15Br2ClO/c1-10(2)20-13-6-3-11(4-7-13)16(18)14-9-12(19)5-8-15(14)17/h3-10,16H,1-2H3. The topological polar surface area (TPSA) is 9.23 Å². The van der Waals surface area contributed by atoms with E-state index < -0.39 is 0 Å². The maximum atomic E-state index is 6.07. The molecule has 2 aromatic carbocycles. The molecule has 0 aliphatic heterocycles. The molecule has 4 heteroatoms. The molecule has 0 saturated carbocycles. The van der Waals surface area contributed by atoms with E-state index in [0.29, 0.717) is 0 Å². The fraction of sp³-hybridized carbons (Fsp3) is 0.250. The second-order valence-corrected chi connectivity index (χ2v) is 6.97. The van der Waals surface area contributed by atoms with E-state index in [2.05, 4.69) is 44.0 Å². The van der Waals surface area contributed by atoms with Crippen molar-refractivity contribution in [3.05, 3.63) is 63.1 Å². The van der Waals surface area contributed by atoms with Crippen LogP contribution >= 0.6 is 43.5 Å². The van der Waals surface area contributed by atoms with Crippen molar-refractivity contribution in [3.8, 4) is 5.75 Å². The fourth-order valence-electron chi connectivity index (χ4n) is 1.88. The van der Waals surface area contributed by atoms with Crippen molar-refractivity contribution in [3.63, 3.8) is 0 Å². The molecule has 0 amide bonds. The van der Waals surface area contributed by atoms with Gasteiger partial charge in [0.05, 0.1) is 10.9 Å². The van der Waals surface area contributed by atoms with Crippen LogP contribution in [0.1, 0.15) is 29.8 Å². The average molecular weight is 419 g/mol. The first-order valence-electron chi connectivity index (χ1n) is 6.33. The Labute approximate surface area is 141 Å². The molecule has 2 aromatic rings. The van der Waals surface area contributed by atoms with Gasteiger partial charge < -0.3 is 4.74 Å². The number of ether oxygens (including phenoxy) is 1. The molecule has 0 radical (unpaired) electrons. The molecule has 1 unspecified atom stereocenters. The second kappa shape index (κ2) is 6.97. The van der Waals surface area contributed by atoms with E-state index in [9.17, 15) is 0 Å². The minimum Gasteiger partial charge on any atom is -0.491 e. The first kappa shape index (κ1) is 15.9. The summed E-state index contributed by atoms with van der Waals surface area (Å²) in [4.78, 5) is 0.0867. The molecule has 106 valence electrons. The van der Waals surface area contributed by atoms with Crippen LogP contribution in [0.3, 0.4) is 0 Å². The summed E-state index contributed by atoms with van der Waals surface area (Å²) in [7, 11) is 0. The average Bonchev–Trinajstić information content (AvgIpc) is 2.41. The number of hydrogen-bond acceptors (Lipinski definition) is 1. The van der Waals surface area contributed by atoms with Crippen LogP contribution in [0.4, 0.5) is 0 Å². The lowest BCUT2D eigenvalue weighted by Gasteiger charge is -2.15. The number of alkyl halides is 1. The molecular formula is C16H15Br2ClO. The number of rotatable bonds is 4. The lowest BCUT2D eigenvalue weighted by atomic mass is 10.0. The molecule has 0 spiro atoms. The lowest BCUT2D eigenvalue weighted by Crippen LogP contribution is -2.05. The Balaban J connectivity index is 2.24. The van der Waals surface area contributed by atoms with Crippen molar-refractivity contribution in [2.24, 2.45) is 0 Å². The highest BCUT2D eigenvalue weighted by Gasteiger charge is 2.14. The summed E-state index contributed by atoms with van der Waals surface area (Å²) in [5.41, 5.74) is 2.26. The van der Waals surface area contributed by atoms with Gasteiger partial charge in [-0.1, -0.05) is 55.6 Å². The summed E-state index contributed by atoms with van der Waals surface area (Å²) >= 11 is 13.4. The zero-order valence-electron chi connectivity index (χ0n) is 11.2. The molecule has 0 aliphatic rings. The lowest BCUT2D eigenvalue weighted by molar-refractivity contribution is 0.242. The summed E-state index contributed by atoms with van der Waals surface area (Å²) in [5.74, 6) is 0.883. The van der Waals surface area contributed by atoms with E-state index >= 15 is 0 Å². The van der Waals surface area contributed by atoms with Crippen molar-refractivity contribution in [2.45, 2.75) is 24.8 Å². The molecule has 0 heterocycles. The third-order valence-corrected chi connectivity index (χ3v) is 4.75. The third kappa shape index (κ3) is 4.00. The normalized spacial score (nSPS) is 12.5. The quantitative estimate of drug-likeness (QED) is 0.524. The zero-order valence-corrected chi connectivity index (χ0v) is 15.2. The molecule has 0 aromatic heterocycles. The van der Waals surface area contributed by atoms with E-state index in [1.165, 1.54) is 0 Å². The van der Waals surface area contributed by atoms with Gasteiger partial charge in [-0.15, -0.1) is 0 Å². The SMILES string of the molecule is CC(C)Oc1ccc(C(Br)c2cc(Cl)ccc2Br)cc1. The van der Waals surface area contributed by atoms with Crippen molar-refractivity contribution in [2.75, 3.05) is 0 Å². The van der Waals surface area contributed by atoms with Crippen LogP contribution in [0.5, 0.6) is 5.75 Å². The molecule has 0 saturated heterocycles.